The van der Waals surface area contributed by atoms with Gasteiger partial charge in [-0.25, -0.2) is 0 Å². The first-order chi connectivity index (χ1) is 7.27. The fourth-order valence-corrected chi connectivity index (χ4v) is 1.64. The molecular weight excluding hydrogens is 190 g/mol. The van der Waals surface area contributed by atoms with Gasteiger partial charge in [0.2, 0.25) is 0 Å². The van der Waals surface area contributed by atoms with Crippen LogP contribution >= 0.6 is 0 Å². The normalized spacial score (nSPS) is 14.9. The second kappa shape index (κ2) is 6.53. The van der Waals surface area contributed by atoms with Crippen molar-refractivity contribution < 1.29 is 9.84 Å². The highest BCUT2D eigenvalue weighted by Gasteiger charge is 2.17. The van der Waals surface area contributed by atoms with Gasteiger partial charge < -0.3 is 9.84 Å². The molecule has 0 saturated heterocycles. The minimum atomic E-state index is -0.445. The van der Waals surface area contributed by atoms with E-state index in [1.807, 2.05) is 12.1 Å². The Balaban J connectivity index is 2.50. The lowest BCUT2D eigenvalue weighted by molar-refractivity contribution is -0.0159. The lowest BCUT2D eigenvalue weighted by atomic mass is 10.0. The van der Waals surface area contributed by atoms with Crippen molar-refractivity contribution in [1.29, 1.82) is 0 Å². The van der Waals surface area contributed by atoms with E-state index in [4.69, 9.17) is 4.74 Å². The van der Waals surface area contributed by atoms with Gasteiger partial charge in [0.1, 0.15) is 0 Å². The molecule has 84 valence electrons. The summed E-state index contributed by atoms with van der Waals surface area (Å²) in [5.41, 5.74) is 1.04. The van der Waals surface area contributed by atoms with Gasteiger partial charge in [-0.05, 0) is 18.1 Å². The molecule has 0 fully saturated rings. The fourth-order valence-electron chi connectivity index (χ4n) is 1.64. The Hall–Kier alpha value is -0.930. The molecule has 0 bridgehead atoms. The average Bonchev–Trinajstić information content (AvgIpc) is 2.27. The van der Waals surface area contributed by atoms with Crippen LogP contribution in [0.25, 0.3) is 0 Å². The summed E-state index contributed by atoms with van der Waals surface area (Å²) in [4.78, 5) is 4.02. The summed E-state index contributed by atoms with van der Waals surface area (Å²) in [6.07, 6.45) is 5.50. The van der Waals surface area contributed by atoms with E-state index in [1.54, 1.807) is 19.5 Å². The Morgan fingerprint density at radius 2 is 2.33 bits per heavy atom. The Bertz CT molecular complexity index is 264. The van der Waals surface area contributed by atoms with E-state index in [0.717, 1.165) is 18.4 Å². The predicted molar refractivity (Wildman–Crippen MR) is 59.7 cm³/mol. The van der Waals surface area contributed by atoms with Crippen LogP contribution in [0.3, 0.4) is 0 Å². The Morgan fingerprint density at radius 1 is 1.53 bits per heavy atom. The molecule has 2 atom stereocenters. The van der Waals surface area contributed by atoms with Gasteiger partial charge in [0.15, 0.2) is 0 Å². The molecule has 15 heavy (non-hydrogen) atoms. The van der Waals surface area contributed by atoms with Gasteiger partial charge in [-0.1, -0.05) is 19.4 Å². The molecule has 0 aromatic carbocycles. The Kier molecular flexibility index (Phi) is 5.29. The van der Waals surface area contributed by atoms with Crippen LogP contribution in [0.4, 0.5) is 0 Å². The molecule has 0 aliphatic carbocycles. The van der Waals surface area contributed by atoms with Gasteiger partial charge >= 0.3 is 0 Å². The topological polar surface area (TPSA) is 42.4 Å². The summed E-state index contributed by atoms with van der Waals surface area (Å²) in [5.74, 6) is 0. The second-order valence-electron chi connectivity index (χ2n) is 3.70. The van der Waals surface area contributed by atoms with Crippen LogP contribution in [0, 0.1) is 0 Å². The van der Waals surface area contributed by atoms with Crippen LogP contribution in [0.2, 0.25) is 0 Å². The van der Waals surface area contributed by atoms with Crippen molar-refractivity contribution >= 4 is 0 Å². The number of aliphatic hydroxyl groups is 1. The summed E-state index contributed by atoms with van der Waals surface area (Å²) in [6, 6.07) is 3.85. The van der Waals surface area contributed by atoms with Gasteiger partial charge in [-0.15, -0.1) is 0 Å². The summed E-state index contributed by atoms with van der Waals surface area (Å²) < 4.78 is 5.25. The first kappa shape index (κ1) is 12.1. The second-order valence-corrected chi connectivity index (χ2v) is 3.70. The molecule has 0 radical (unpaired) electrons. The zero-order chi connectivity index (χ0) is 11.1. The molecule has 0 saturated carbocycles. The molecule has 0 spiro atoms. The molecule has 1 aromatic heterocycles. The van der Waals surface area contributed by atoms with E-state index in [2.05, 4.69) is 11.9 Å². The molecule has 3 nitrogen and oxygen atoms in total. The maximum atomic E-state index is 9.94. The predicted octanol–water partition coefficient (Wildman–Crippen LogP) is 1.80. The minimum Gasteiger partial charge on any atom is -0.390 e. The first-order valence-electron chi connectivity index (χ1n) is 5.37. The monoisotopic (exact) mass is 209 g/mol. The zero-order valence-electron chi connectivity index (χ0n) is 9.39. The SMILES string of the molecule is CCCC(OC)C(O)Cc1cccnc1. The number of aromatic nitrogens is 1. The van der Waals surface area contributed by atoms with Gasteiger partial charge in [0, 0.05) is 25.9 Å². The lowest BCUT2D eigenvalue weighted by Crippen LogP contribution is -2.29. The molecular formula is C12H19NO2. The van der Waals surface area contributed by atoms with Crippen LogP contribution in [0.1, 0.15) is 25.3 Å². The number of nitrogens with zero attached hydrogens (tertiary/aromatic N) is 1. The van der Waals surface area contributed by atoms with Crippen molar-refractivity contribution in [3.05, 3.63) is 30.1 Å². The quantitative estimate of drug-likeness (QED) is 0.776. The number of ether oxygens (including phenoxy) is 1. The number of pyridine rings is 1. The summed E-state index contributed by atoms with van der Waals surface area (Å²) in [5, 5.41) is 9.94. The van der Waals surface area contributed by atoms with Gasteiger partial charge in [-0.3, -0.25) is 4.98 Å². The van der Waals surface area contributed by atoms with Crippen molar-refractivity contribution in [3.8, 4) is 0 Å². The van der Waals surface area contributed by atoms with E-state index in [9.17, 15) is 5.11 Å². The highest BCUT2D eigenvalue weighted by molar-refractivity contribution is 5.09. The highest BCUT2D eigenvalue weighted by Crippen LogP contribution is 2.11. The number of methoxy groups -OCH3 is 1. The Labute approximate surface area is 91.1 Å². The van der Waals surface area contributed by atoms with E-state index in [1.165, 1.54) is 0 Å². The smallest absolute Gasteiger partial charge is 0.0842 e. The standard InChI is InChI=1S/C12H19NO2/c1-3-5-12(15-2)11(14)8-10-6-4-7-13-9-10/h4,6-7,9,11-12,14H,3,5,8H2,1-2H3. The molecule has 1 rings (SSSR count). The summed E-state index contributed by atoms with van der Waals surface area (Å²) in [6.45, 7) is 2.09. The molecule has 1 N–H and O–H groups in total. The van der Waals surface area contributed by atoms with Crippen LogP contribution < -0.4 is 0 Å². The van der Waals surface area contributed by atoms with Crippen LogP contribution in [-0.2, 0) is 11.2 Å². The van der Waals surface area contributed by atoms with Crippen LogP contribution in [0.5, 0.6) is 0 Å². The number of rotatable bonds is 6. The zero-order valence-corrected chi connectivity index (χ0v) is 9.39. The van der Waals surface area contributed by atoms with Crippen molar-refractivity contribution in [1.82, 2.24) is 4.98 Å². The third-order valence-corrected chi connectivity index (χ3v) is 2.47. The van der Waals surface area contributed by atoms with E-state index in [-0.39, 0.29) is 6.10 Å². The maximum absolute atomic E-state index is 9.94. The number of hydrogen-bond acceptors (Lipinski definition) is 3. The molecule has 1 heterocycles. The van der Waals surface area contributed by atoms with Gasteiger partial charge in [0.25, 0.3) is 0 Å². The lowest BCUT2D eigenvalue weighted by Gasteiger charge is -2.20. The number of aliphatic hydroxyl groups excluding tert-OH is 1. The molecule has 2 unspecified atom stereocenters. The van der Waals surface area contributed by atoms with Crippen LogP contribution in [-0.4, -0.2) is 29.4 Å². The molecule has 1 aromatic rings. The summed E-state index contributed by atoms with van der Waals surface area (Å²) >= 11 is 0. The largest absolute Gasteiger partial charge is 0.390 e. The molecule has 0 amide bonds. The van der Waals surface area contributed by atoms with Crippen LogP contribution in [0.15, 0.2) is 24.5 Å². The van der Waals surface area contributed by atoms with E-state index >= 15 is 0 Å². The van der Waals surface area contributed by atoms with Crippen molar-refractivity contribution in [3.63, 3.8) is 0 Å². The van der Waals surface area contributed by atoms with E-state index in [0.29, 0.717) is 6.42 Å². The van der Waals surface area contributed by atoms with Crippen molar-refractivity contribution in [2.75, 3.05) is 7.11 Å². The fraction of sp³-hybridized carbons (Fsp3) is 0.583. The van der Waals surface area contributed by atoms with Crippen molar-refractivity contribution in [2.24, 2.45) is 0 Å². The molecule has 0 aliphatic heterocycles. The van der Waals surface area contributed by atoms with E-state index < -0.39 is 6.10 Å². The first-order valence-corrected chi connectivity index (χ1v) is 5.37. The van der Waals surface area contributed by atoms with Crippen molar-refractivity contribution in [2.45, 2.75) is 38.4 Å². The average molecular weight is 209 g/mol. The van der Waals surface area contributed by atoms with Gasteiger partial charge in [0.05, 0.1) is 12.2 Å². The highest BCUT2D eigenvalue weighted by atomic mass is 16.5. The third kappa shape index (κ3) is 3.98. The van der Waals surface area contributed by atoms with Gasteiger partial charge in [-0.2, -0.15) is 0 Å². The minimum absolute atomic E-state index is 0.0739. The summed E-state index contributed by atoms with van der Waals surface area (Å²) in [7, 11) is 1.65. The maximum Gasteiger partial charge on any atom is 0.0842 e. The Morgan fingerprint density at radius 3 is 2.87 bits per heavy atom. The molecule has 0 aliphatic rings. The third-order valence-electron chi connectivity index (χ3n) is 2.47. The molecule has 3 heteroatoms. The number of hydrogen-bond donors (Lipinski definition) is 1.